The first kappa shape index (κ1) is 12.5. The Morgan fingerprint density at radius 2 is 2.06 bits per heavy atom. The average Bonchev–Trinajstić information content (AvgIpc) is 2.27. The van der Waals surface area contributed by atoms with Crippen LogP contribution < -0.4 is 10.1 Å². The van der Waals surface area contributed by atoms with E-state index in [2.05, 4.69) is 5.32 Å². The summed E-state index contributed by atoms with van der Waals surface area (Å²) in [5.41, 5.74) is 0.824. The third-order valence-electron chi connectivity index (χ3n) is 2.11. The Kier molecular flexibility index (Phi) is 4.79. The summed E-state index contributed by atoms with van der Waals surface area (Å²) in [5, 5.41) is 11.9. The molecule has 0 bridgehead atoms. The predicted molar refractivity (Wildman–Crippen MR) is 61.3 cm³/mol. The molecule has 4 heteroatoms. The summed E-state index contributed by atoms with van der Waals surface area (Å²) >= 11 is 0. The third kappa shape index (κ3) is 3.90. The fourth-order valence-corrected chi connectivity index (χ4v) is 1.24. The topological polar surface area (TPSA) is 58.6 Å². The van der Waals surface area contributed by atoms with Crippen molar-refractivity contribution in [2.24, 2.45) is 0 Å². The highest BCUT2D eigenvalue weighted by atomic mass is 16.5. The maximum absolute atomic E-state index is 11.1. The van der Waals surface area contributed by atoms with Gasteiger partial charge in [0.1, 0.15) is 5.75 Å². The van der Waals surface area contributed by atoms with Gasteiger partial charge >= 0.3 is 0 Å². The summed E-state index contributed by atoms with van der Waals surface area (Å²) < 4.78 is 5.26. The Labute approximate surface area is 95.2 Å². The van der Waals surface area contributed by atoms with Crippen molar-refractivity contribution < 1.29 is 14.6 Å². The maximum Gasteiger partial charge on any atom is 0.257 e. The zero-order valence-corrected chi connectivity index (χ0v) is 9.56. The number of ether oxygens (including phenoxy) is 1. The first-order chi connectivity index (χ1) is 7.63. The maximum atomic E-state index is 11.1. The number of amides is 1. The van der Waals surface area contributed by atoms with Gasteiger partial charge < -0.3 is 15.2 Å². The van der Waals surface area contributed by atoms with E-state index in [1.165, 1.54) is 0 Å². The molecule has 1 aromatic rings. The van der Waals surface area contributed by atoms with Gasteiger partial charge in [0.05, 0.1) is 6.10 Å². The second kappa shape index (κ2) is 6.12. The van der Waals surface area contributed by atoms with Crippen LogP contribution in [0.4, 0.5) is 0 Å². The van der Waals surface area contributed by atoms with Crippen molar-refractivity contribution in [3.63, 3.8) is 0 Å². The number of aliphatic hydroxyl groups excluding tert-OH is 1. The van der Waals surface area contributed by atoms with Crippen LogP contribution in [0.2, 0.25) is 0 Å². The molecule has 1 aromatic carbocycles. The number of carbonyl (C=O) groups is 1. The van der Waals surface area contributed by atoms with E-state index in [4.69, 9.17) is 4.74 Å². The number of carbonyl (C=O) groups excluding carboxylic acids is 1. The molecular formula is C12H17NO3. The molecule has 1 rings (SSSR count). The molecule has 1 atom stereocenters. The molecule has 0 saturated heterocycles. The van der Waals surface area contributed by atoms with Crippen LogP contribution in [0, 0.1) is 0 Å². The molecule has 1 amide bonds. The fourth-order valence-electron chi connectivity index (χ4n) is 1.24. The number of hydrogen-bond acceptors (Lipinski definition) is 3. The molecule has 0 spiro atoms. The fraction of sp³-hybridized carbons (Fsp3) is 0.417. The molecule has 88 valence electrons. The quantitative estimate of drug-likeness (QED) is 0.790. The standard InChI is InChI=1S/C12H17NO3/c1-3-13-12(15)8-16-11-6-4-10(5-7-11)9(2)14/h4-7,9,14H,3,8H2,1-2H3,(H,13,15). The lowest BCUT2D eigenvalue weighted by Crippen LogP contribution is -2.28. The number of hydrogen-bond donors (Lipinski definition) is 2. The Morgan fingerprint density at radius 3 is 2.56 bits per heavy atom. The SMILES string of the molecule is CCNC(=O)COc1ccc(C(C)O)cc1. The molecule has 1 unspecified atom stereocenters. The van der Waals surface area contributed by atoms with Gasteiger partial charge in [0.15, 0.2) is 6.61 Å². The number of rotatable bonds is 5. The van der Waals surface area contributed by atoms with Gasteiger partial charge in [-0.2, -0.15) is 0 Å². The molecule has 4 nitrogen and oxygen atoms in total. The third-order valence-corrected chi connectivity index (χ3v) is 2.11. The average molecular weight is 223 g/mol. The van der Waals surface area contributed by atoms with Crippen LogP contribution in [0.3, 0.4) is 0 Å². The van der Waals surface area contributed by atoms with Gasteiger partial charge in [-0.1, -0.05) is 12.1 Å². The van der Waals surface area contributed by atoms with Crippen molar-refractivity contribution in [2.75, 3.05) is 13.2 Å². The normalized spacial score (nSPS) is 11.9. The van der Waals surface area contributed by atoms with Gasteiger partial charge in [-0.3, -0.25) is 4.79 Å². The Balaban J connectivity index is 2.46. The van der Waals surface area contributed by atoms with E-state index >= 15 is 0 Å². The molecule has 0 aromatic heterocycles. The van der Waals surface area contributed by atoms with E-state index in [1.807, 2.05) is 6.92 Å². The lowest BCUT2D eigenvalue weighted by atomic mass is 10.1. The highest BCUT2D eigenvalue weighted by molar-refractivity contribution is 5.77. The van der Waals surface area contributed by atoms with Crippen LogP contribution in [0.1, 0.15) is 25.5 Å². The van der Waals surface area contributed by atoms with Gasteiger partial charge in [0.2, 0.25) is 0 Å². The van der Waals surface area contributed by atoms with Crippen molar-refractivity contribution in [2.45, 2.75) is 20.0 Å². The Hall–Kier alpha value is -1.55. The molecule has 0 saturated carbocycles. The molecule has 16 heavy (non-hydrogen) atoms. The highest BCUT2D eigenvalue weighted by Crippen LogP contribution is 2.16. The number of likely N-dealkylation sites (N-methyl/N-ethyl adjacent to an activating group) is 1. The summed E-state index contributed by atoms with van der Waals surface area (Å²) in [6.45, 7) is 4.17. The van der Waals surface area contributed by atoms with Crippen LogP contribution in [0.15, 0.2) is 24.3 Å². The summed E-state index contributed by atoms with van der Waals surface area (Å²) in [6, 6.07) is 7.03. The summed E-state index contributed by atoms with van der Waals surface area (Å²) in [6.07, 6.45) is -0.488. The molecule has 0 aliphatic rings. The first-order valence-electron chi connectivity index (χ1n) is 5.31. The smallest absolute Gasteiger partial charge is 0.257 e. The van der Waals surface area contributed by atoms with Crippen molar-refractivity contribution in [1.82, 2.24) is 5.32 Å². The van der Waals surface area contributed by atoms with E-state index in [0.29, 0.717) is 12.3 Å². The minimum atomic E-state index is -0.488. The highest BCUT2D eigenvalue weighted by Gasteiger charge is 2.03. The molecule has 0 aliphatic carbocycles. The summed E-state index contributed by atoms with van der Waals surface area (Å²) in [7, 11) is 0. The van der Waals surface area contributed by atoms with E-state index in [9.17, 15) is 9.90 Å². The monoisotopic (exact) mass is 223 g/mol. The second-order valence-corrected chi connectivity index (χ2v) is 3.49. The number of nitrogens with one attached hydrogen (secondary N) is 1. The van der Waals surface area contributed by atoms with Crippen LogP contribution in [0.25, 0.3) is 0 Å². The largest absolute Gasteiger partial charge is 0.484 e. The zero-order chi connectivity index (χ0) is 12.0. The lowest BCUT2D eigenvalue weighted by Gasteiger charge is -2.08. The molecule has 0 radical (unpaired) electrons. The lowest BCUT2D eigenvalue weighted by molar-refractivity contribution is -0.122. The van der Waals surface area contributed by atoms with Crippen molar-refractivity contribution >= 4 is 5.91 Å². The van der Waals surface area contributed by atoms with Gasteiger partial charge in [0, 0.05) is 6.54 Å². The number of aliphatic hydroxyl groups is 1. The van der Waals surface area contributed by atoms with Gasteiger partial charge in [-0.05, 0) is 31.5 Å². The molecule has 0 fully saturated rings. The van der Waals surface area contributed by atoms with Crippen molar-refractivity contribution in [3.8, 4) is 5.75 Å². The number of benzene rings is 1. The van der Waals surface area contributed by atoms with Crippen LogP contribution in [-0.2, 0) is 4.79 Å². The summed E-state index contributed by atoms with van der Waals surface area (Å²) in [4.78, 5) is 11.1. The van der Waals surface area contributed by atoms with Crippen LogP contribution in [0.5, 0.6) is 5.75 Å². The van der Waals surface area contributed by atoms with Crippen LogP contribution >= 0.6 is 0 Å². The van der Waals surface area contributed by atoms with E-state index in [-0.39, 0.29) is 12.5 Å². The minimum absolute atomic E-state index is 0.0157. The van der Waals surface area contributed by atoms with Gasteiger partial charge in [-0.25, -0.2) is 0 Å². The first-order valence-corrected chi connectivity index (χ1v) is 5.31. The molecule has 2 N–H and O–H groups in total. The van der Waals surface area contributed by atoms with E-state index in [0.717, 1.165) is 5.56 Å². The Morgan fingerprint density at radius 1 is 1.44 bits per heavy atom. The summed E-state index contributed by atoms with van der Waals surface area (Å²) in [5.74, 6) is 0.484. The predicted octanol–water partition coefficient (Wildman–Crippen LogP) is 1.25. The van der Waals surface area contributed by atoms with Crippen molar-refractivity contribution in [1.29, 1.82) is 0 Å². The van der Waals surface area contributed by atoms with E-state index < -0.39 is 6.10 Å². The second-order valence-electron chi connectivity index (χ2n) is 3.49. The zero-order valence-electron chi connectivity index (χ0n) is 9.56. The van der Waals surface area contributed by atoms with Crippen molar-refractivity contribution in [3.05, 3.63) is 29.8 Å². The van der Waals surface area contributed by atoms with Crippen LogP contribution in [-0.4, -0.2) is 24.2 Å². The Bertz CT molecular complexity index is 333. The molecule has 0 aliphatic heterocycles. The van der Waals surface area contributed by atoms with Gasteiger partial charge in [0.25, 0.3) is 5.91 Å². The van der Waals surface area contributed by atoms with Gasteiger partial charge in [-0.15, -0.1) is 0 Å². The van der Waals surface area contributed by atoms with E-state index in [1.54, 1.807) is 31.2 Å². The minimum Gasteiger partial charge on any atom is -0.484 e. The molecular weight excluding hydrogens is 206 g/mol. The molecule has 0 heterocycles.